The maximum atomic E-state index is 12.9. The minimum atomic E-state index is -4.64. The number of carbonyl (C=O) groups is 1. The lowest BCUT2D eigenvalue weighted by atomic mass is 10.0. The first-order valence-corrected chi connectivity index (χ1v) is 9.02. The van der Waals surface area contributed by atoms with Crippen LogP contribution in [-0.2, 0) is 6.18 Å². The second-order valence-electron chi connectivity index (χ2n) is 6.14. The predicted octanol–water partition coefficient (Wildman–Crippen LogP) is 4.90. The Labute approximate surface area is 157 Å². The van der Waals surface area contributed by atoms with E-state index in [2.05, 4.69) is 29.1 Å². The lowest BCUT2D eigenvalue weighted by molar-refractivity contribution is -0.137. The maximum absolute atomic E-state index is 12.9. The fraction of sp³-hybridized carbons (Fsp3) is 0.438. The molecule has 3 N–H and O–H groups in total. The van der Waals surface area contributed by atoms with Crippen molar-refractivity contribution in [2.24, 2.45) is 11.7 Å². The molecule has 2 rings (SSSR count). The quantitative estimate of drug-likeness (QED) is 0.715. The molecule has 0 spiro atoms. The molecule has 0 fully saturated rings. The lowest BCUT2D eigenvalue weighted by Crippen LogP contribution is -2.14. The summed E-state index contributed by atoms with van der Waals surface area (Å²) in [5.74, 6) is -0.346. The van der Waals surface area contributed by atoms with Crippen molar-refractivity contribution in [3.63, 3.8) is 0 Å². The SMILES string of the molecule is CC(C)CC[C@@H](N)c1ncc(C(=O)Nc2cc(C(F)(F)F)c(Cl)cn2)s1. The highest BCUT2D eigenvalue weighted by molar-refractivity contribution is 7.13. The Morgan fingerprint density at radius 2 is 2.00 bits per heavy atom. The summed E-state index contributed by atoms with van der Waals surface area (Å²) >= 11 is 6.62. The molecule has 2 aromatic heterocycles. The van der Waals surface area contributed by atoms with Gasteiger partial charge in [-0.2, -0.15) is 13.2 Å². The molecule has 0 bridgehead atoms. The summed E-state index contributed by atoms with van der Waals surface area (Å²) in [7, 11) is 0. The predicted molar refractivity (Wildman–Crippen MR) is 95.3 cm³/mol. The molecule has 0 aromatic carbocycles. The summed E-state index contributed by atoms with van der Waals surface area (Å²) < 4.78 is 38.6. The van der Waals surface area contributed by atoms with Crippen LogP contribution in [0.15, 0.2) is 18.5 Å². The van der Waals surface area contributed by atoms with Gasteiger partial charge in [0.1, 0.15) is 15.7 Å². The van der Waals surface area contributed by atoms with Gasteiger partial charge in [-0.25, -0.2) is 9.97 Å². The van der Waals surface area contributed by atoms with E-state index in [-0.39, 0.29) is 16.7 Å². The highest BCUT2D eigenvalue weighted by Crippen LogP contribution is 2.35. The van der Waals surface area contributed by atoms with E-state index in [0.717, 1.165) is 30.4 Å². The normalized spacial score (nSPS) is 13.1. The summed E-state index contributed by atoms with van der Waals surface area (Å²) in [6, 6.07) is 0.408. The number of rotatable bonds is 6. The van der Waals surface area contributed by atoms with Crippen LogP contribution >= 0.6 is 22.9 Å². The van der Waals surface area contributed by atoms with Gasteiger partial charge in [-0.1, -0.05) is 25.4 Å². The monoisotopic (exact) mass is 406 g/mol. The Morgan fingerprint density at radius 3 is 2.62 bits per heavy atom. The molecule has 10 heteroatoms. The zero-order chi connectivity index (χ0) is 19.5. The summed E-state index contributed by atoms with van der Waals surface area (Å²) in [6.07, 6.45) is -0.775. The third-order valence-electron chi connectivity index (χ3n) is 3.52. The maximum Gasteiger partial charge on any atom is 0.418 e. The topological polar surface area (TPSA) is 80.9 Å². The fourth-order valence-corrected chi connectivity index (χ4v) is 3.16. The van der Waals surface area contributed by atoms with Crippen molar-refractivity contribution in [2.75, 3.05) is 5.32 Å². The Bertz CT molecular complexity index is 779. The van der Waals surface area contributed by atoms with Crippen LogP contribution in [0.1, 0.15) is 53.0 Å². The minimum Gasteiger partial charge on any atom is -0.322 e. The summed E-state index contributed by atoms with van der Waals surface area (Å²) in [4.78, 5) is 20.3. The molecule has 0 aliphatic carbocycles. The number of nitrogens with zero attached hydrogens (tertiary/aromatic N) is 2. The lowest BCUT2D eigenvalue weighted by Gasteiger charge is -2.10. The van der Waals surface area contributed by atoms with Crippen LogP contribution in [0, 0.1) is 5.92 Å². The molecule has 142 valence electrons. The number of aromatic nitrogens is 2. The van der Waals surface area contributed by atoms with Gasteiger partial charge in [0, 0.05) is 6.20 Å². The van der Waals surface area contributed by atoms with Crippen LogP contribution in [0.2, 0.25) is 5.02 Å². The molecule has 0 aliphatic rings. The van der Waals surface area contributed by atoms with Crippen molar-refractivity contribution in [3.8, 4) is 0 Å². The number of hydrogen-bond donors (Lipinski definition) is 2. The molecule has 1 amide bonds. The number of carbonyl (C=O) groups excluding carboxylic acids is 1. The van der Waals surface area contributed by atoms with Crippen LogP contribution in [0.3, 0.4) is 0 Å². The van der Waals surface area contributed by atoms with Crippen molar-refractivity contribution in [3.05, 3.63) is 38.9 Å². The van der Waals surface area contributed by atoms with E-state index in [1.807, 2.05) is 0 Å². The van der Waals surface area contributed by atoms with Crippen LogP contribution in [-0.4, -0.2) is 15.9 Å². The van der Waals surface area contributed by atoms with Gasteiger partial charge in [-0.05, 0) is 24.8 Å². The molecule has 1 atom stereocenters. The first-order valence-electron chi connectivity index (χ1n) is 7.83. The van der Waals surface area contributed by atoms with Gasteiger partial charge in [0.2, 0.25) is 0 Å². The smallest absolute Gasteiger partial charge is 0.322 e. The zero-order valence-electron chi connectivity index (χ0n) is 14.1. The number of anilines is 1. The Kier molecular flexibility index (Phi) is 6.59. The van der Waals surface area contributed by atoms with Crippen LogP contribution in [0.4, 0.5) is 19.0 Å². The van der Waals surface area contributed by atoms with Gasteiger partial charge >= 0.3 is 6.18 Å². The molecule has 0 saturated heterocycles. The van der Waals surface area contributed by atoms with E-state index in [0.29, 0.717) is 17.0 Å². The van der Waals surface area contributed by atoms with Gasteiger partial charge < -0.3 is 11.1 Å². The average molecular weight is 407 g/mol. The second-order valence-corrected chi connectivity index (χ2v) is 7.61. The molecule has 0 saturated carbocycles. The number of amides is 1. The van der Waals surface area contributed by atoms with Gasteiger partial charge in [0.05, 0.1) is 22.8 Å². The molecule has 0 aliphatic heterocycles. The molecule has 0 radical (unpaired) electrons. The summed E-state index contributed by atoms with van der Waals surface area (Å²) in [5.41, 5.74) is 4.99. The number of thiazole rings is 1. The molecule has 0 unspecified atom stereocenters. The Morgan fingerprint density at radius 1 is 1.31 bits per heavy atom. The van der Waals surface area contributed by atoms with Gasteiger partial charge in [0.15, 0.2) is 0 Å². The van der Waals surface area contributed by atoms with E-state index in [1.165, 1.54) is 6.20 Å². The second kappa shape index (κ2) is 8.32. The van der Waals surface area contributed by atoms with Crippen LogP contribution in [0.25, 0.3) is 0 Å². The highest BCUT2D eigenvalue weighted by Gasteiger charge is 2.34. The number of pyridine rings is 1. The van der Waals surface area contributed by atoms with Gasteiger partial charge in [0.25, 0.3) is 5.91 Å². The van der Waals surface area contributed by atoms with Crippen molar-refractivity contribution in [1.29, 1.82) is 0 Å². The molecule has 2 aromatic rings. The molecular formula is C16H18ClF3N4OS. The standard InChI is InChI=1S/C16H18ClF3N4OS/c1-8(2)3-4-11(21)15-23-7-12(26-15)14(25)24-13-5-9(16(18,19)20)10(17)6-22-13/h5-8,11H,3-4,21H2,1-2H3,(H,22,24,25)/t11-/m1/s1. The number of nitrogens with one attached hydrogen (secondary N) is 1. The largest absolute Gasteiger partial charge is 0.418 e. The average Bonchev–Trinajstić information content (AvgIpc) is 3.03. The number of hydrogen-bond acceptors (Lipinski definition) is 5. The van der Waals surface area contributed by atoms with Crippen molar-refractivity contribution >= 4 is 34.7 Å². The van der Waals surface area contributed by atoms with Crippen LogP contribution in [0.5, 0.6) is 0 Å². The number of alkyl halides is 3. The van der Waals surface area contributed by atoms with Crippen molar-refractivity contribution < 1.29 is 18.0 Å². The summed E-state index contributed by atoms with van der Waals surface area (Å²) in [6.45, 7) is 4.17. The van der Waals surface area contributed by atoms with Gasteiger partial charge in [-0.3, -0.25) is 4.79 Å². The van der Waals surface area contributed by atoms with E-state index >= 15 is 0 Å². The molecular weight excluding hydrogens is 389 g/mol. The van der Waals surface area contributed by atoms with Gasteiger partial charge in [-0.15, -0.1) is 11.3 Å². The minimum absolute atomic E-state index is 0.241. The Hall–Kier alpha value is -1.71. The van der Waals surface area contributed by atoms with Crippen LogP contribution < -0.4 is 11.1 Å². The van der Waals surface area contributed by atoms with E-state index in [1.54, 1.807) is 0 Å². The summed E-state index contributed by atoms with van der Waals surface area (Å²) in [5, 5.41) is 2.39. The van der Waals surface area contributed by atoms with E-state index < -0.39 is 22.7 Å². The number of halogens is 4. The Balaban J connectivity index is 2.09. The van der Waals surface area contributed by atoms with E-state index in [9.17, 15) is 18.0 Å². The zero-order valence-corrected chi connectivity index (χ0v) is 15.7. The van der Waals surface area contributed by atoms with Crippen molar-refractivity contribution in [1.82, 2.24) is 9.97 Å². The van der Waals surface area contributed by atoms with Crippen molar-refractivity contribution in [2.45, 2.75) is 38.9 Å². The molecule has 26 heavy (non-hydrogen) atoms. The number of nitrogens with two attached hydrogens (primary N) is 1. The highest BCUT2D eigenvalue weighted by atomic mass is 35.5. The molecule has 5 nitrogen and oxygen atoms in total. The fourth-order valence-electron chi connectivity index (χ4n) is 2.10. The first-order chi connectivity index (χ1) is 12.1. The third kappa shape index (κ3) is 5.39. The van der Waals surface area contributed by atoms with E-state index in [4.69, 9.17) is 17.3 Å². The third-order valence-corrected chi connectivity index (χ3v) is 4.95. The first kappa shape index (κ1) is 20.6. The molecule has 2 heterocycles.